The maximum Gasteiger partial charge on any atom is 0.270 e. The van der Waals surface area contributed by atoms with E-state index in [1.165, 1.54) is 80.5 Å². The summed E-state index contributed by atoms with van der Waals surface area (Å²) in [6.45, 7) is 2.45. The van der Waals surface area contributed by atoms with Crippen molar-refractivity contribution in [2.24, 2.45) is 0 Å². The molecule has 40 heteroatoms. The number of ketones is 1. The van der Waals surface area contributed by atoms with Crippen molar-refractivity contribution < 1.29 is 38.5 Å². The lowest BCUT2D eigenvalue weighted by Crippen LogP contribution is -2.22. The number of carbonyl (C=O) groups is 1. The highest BCUT2D eigenvalue weighted by Gasteiger charge is 2.21. The van der Waals surface area contributed by atoms with Gasteiger partial charge in [0.2, 0.25) is 0 Å². The molecule has 0 radical (unpaired) electrons. The van der Waals surface area contributed by atoms with E-state index in [0.29, 0.717) is 144 Å². The van der Waals surface area contributed by atoms with E-state index < -0.39 is 14.8 Å². The number of nitrogens with zero attached hydrogens (tertiary/aromatic N) is 17. The highest BCUT2D eigenvalue weighted by molar-refractivity contribution is 6.34. The number of aromatic amines is 1. The number of nitrogens with one attached hydrogen (secondary N) is 4. The van der Waals surface area contributed by atoms with Crippen LogP contribution in [0.4, 0.5) is 63.0 Å². The Kier molecular flexibility index (Phi) is 33.1. The minimum Gasteiger partial charge on any atom is -0.486 e. The number of aromatic nitrogens is 14. The summed E-state index contributed by atoms with van der Waals surface area (Å²) in [5.74, 6) is 4.11. The molecular weight excluding hydrogens is 1860 g/mol. The molecule has 0 saturated carbocycles. The Labute approximate surface area is 804 Å². The third kappa shape index (κ3) is 27.3. The number of hydrogen-bond acceptors (Lipinski definition) is 31. The summed E-state index contributed by atoms with van der Waals surface area (Å²) in [7, 11) is 2.10. The molecule has 0 spiro atoms. The van der Waals surface area contributed by atoms with Crippen molar-refractivity contribution in [1.29, 1.82) is 0 Å². The van der Waals surface area contributed by atoms with Gasteiger partial charge in [0.25, 0.3) is 22.6 Å². The fourth-order valence-corrected chi connectivity index (χ4v) is 14.5. The Morgan fingerprint density at radius 2 is 0.788 bits per heavy atom. The summed E-state index contributed by atoms with van der Waals surface area (Å²) >= 11 is 30.9. The van der Waals surface area contributed by atoms with Crippen LogP contribution in [0.1, 0.15) is 41.2 Å². The van der Waals surface area contributed by atoms with Gasteiger partial charge in [0.05, 0.1) is 96.9 Å². The third-order valence-corrected chi connectivity index (χ3v) is 21.7. The third-order valence-electron chi connectivity index (χ3n) is 20.2. The van der Waals surface area contributed by atoms with Gasteiger partial charge in [-0.15, -0.1) is 0 Å². The highest BCUT2D eigenvalue weighted by Crippen LogP contribution is 2.37. The smallest absolute Gasteiger partial charge is 0.270 e. The molecule has 1 fully saturated rings. The number of nitrogen functional groups attached to an aromatic ring is 2. The summed E-state index contributed by atoms with van der Waals surface area (Å²) in [4.78, 5) is 113. The van der Waals surface area contributed by atoms with Gasteiger partial charge in [0.15, 0.2) is 5.78 Å². The first-order valence-corrected chi connectivity index (χ1v) is 43.4. The number of ether oxygens (including phenoxy) is 4. The maximum absolute atomic E-state index is 12.6. The number of likely N-dealkylation sites (tertiary alicyclic amines) is 1. The maximum atomic E-state index is 12.6. The molecular formula is C97H78Cl5N23O12. The molecule has 1 saturated heterocycles. The normalized spacial score (nSPS) is 11.9. The Morgan fingerprint density at radius 1 is 0.423 bits per heavy atom. The lowest BCUT2D eigenvalue weighted by molar-refractivity contribution is -0.384. The number of anilines is 8. The van der Waals surface area contributed by atoms with Crippen LogP contribution < -0.4 is 51.9 Å². The zero-order valence-electron chi connectivity index (χ0n) is 72.1. The number of benzene rings is 9. The molecule has 0 aliphatic carbocycles. The molecule has 0 bridgehead atoms. The Morgan fingerprint density at radius 3 is 1.20 bits per heavy atom. The van der Waals surface area contributed by atoms with Crippen LogP contribution in [0.2, 0.25) is 25.2 Å². The lowest BCUT2D eigenvalue weighted by atomic mass is 10.0. The molecule has 0 unspecified atom stereocenters. The largest absolute Gasteiger partial charge is 0.486 e. The van der Waals surface area contributed by atoms with Crippen molar-refractivity contribution >= 4 is 181 Å². The van der Waals surface area contributed by atoms with Gasteiger partial charge in [0, 0.05) is 124 Å². The number of non-ortho nitro benzene ring substituents is 3. The number of allylic oxidation sites excluding steroid dienone is 1. The molecule has 1 aliphatic heterocycles. The number of nitrogens with two attached hydrogens (primary N) is 2. The molecule has 9 aromatic heterocycles. The number of nitro groups is 3. The second-order valence-corrected chi connectivity index (χ2v) is 31.7. The number of hydrogen-bond donors (Lipinski definition) is 6. The number of H-pyrrole nitrogens is 1. The zero-order valence-corrected chi connectivity index (χ0v) is 75.9. The van der Waals surface area contributed by atoms with Gasteiger partial charge in [0.1, 0.15) is 97.3 Å². The van der Waals surface area contributed by atoms with Crippen LogP contribution in [0.5, 0.6) is 23.0 Å². The van der Waals surface area contributed by atoms with Crippen LogP contribution in [0.25, 0.3) is 54.5 Å². The van der Waals surface area contributed by atoms with E-state index in [-0.39, 0.29) is 38.9 Å². The average molecular weight is 1940 g/mol. The summed E-state index contributed by atoms with van der Waals surface area (Å²) in [6.07, 6.45) is 20.2. The van der Waals surface area contributed by atoms with Gasteiger partial charge in [-0.2, -0.15) is 0 Å². The van der Waals surface area contributed by atoms with Gasteiger partial charge in [-0.3, -0.25) is 64.8 Å². The first kappa shape index (κ1) is 96.4. The van der Waals surface area contributed by atoms with Gasteiger partial charge >= 0.3 is 0 Å². The molecule has 688 valence electrons. The van der Waals surface area contributed by atoms with Crippen molar-refractivity contribution in [3.8, 4) is 23.0 Å². The van der Waals surface area contributed by atoms with Crippen molar-refractivity contribution in [2.75, 3.05) is 41.0 Å². The summed E-state index contributed by atoms with van der Waals surface area (Å²) in [5.41, 5.74) is 21.8. The van der Waals surface area contributed by atoms with Crippen LogP contribution in [0, 0.1) is 30.3 Å². The van der Waals surface area contributed by atoms with Crippen molar-refractivity contribution in [2.45, 2.75) is 51.7 Å². The average Bonchev–Trinajstić information content (AvgIpc) is 1.57. The molecule has 35 nitrogen and oxygen atoms in total. The highest BCUT2D eigenvalue weighted by atomic mass is 35.5. The minimum atomic E-state index is -0.550. The zero-order chi connectivity index (χ0) is 96.1. The first-order chi connectivity index (χ1) is 66.4. The first-order valence-electron chi connectivity index (χ1n) is 41.5. The fraction of sp³-hybridized carbons (Fsp3) is 0.103. The summed E-state index contributed by atoms with van der Waals surface area (Å²) < 4.78 is 22.8. The van der Waals surface area contributed by atoms with Gasteiger partial charge in [-0.25, -0.2) is 44.9 Å². The Bertz CT molecular complexity index is 7440. The quantitative estimate of drug-likeness (QED) is 0.0102. The lowest BCUT2D eigenvalue weighted by Gasteiger charge is -2.14. The number of fused-ring (bicyclic) bond motifs is 5. The molecule has 9 aromatic carbocycles. The van der Waals surface area contributed by atoms with Crippen LogP contribution in [0.3, 0.4) is 0 Å². The van der Waals surface area contributed by atoms with E-state index in [4.69, 9.17) is 88.4 Å². The number of halogens is 5. The Hall–Kier alpha value is -16.7. The van der Waals surface area contributed by atoms with Crippen molar-refractivity contribution in [3.63, 3.8) is 0 Å². The topological polar surface area (TPSA) is 475 Å². The fourth-order valence-electron chi connectivity index (χ4n) is 13.4. The van der Waals surface area contributed by atoms with Gasteiger partial charge in [-0.1, -0.05) is 94.4 Å². The second kappa shape index (κ2) is 47.1. The standard InChI is InChI=1S/C29H28ClN5O2.C20H14ClN5O3.C20H16ClN5O.C12H11ClN2O.C8H4ClN3O2.C8H5N3O3/c1-35-14-4-6-23(35)9-10-24(36)15-20-7-11-27-25(16-20)29(33-19-32-27)34-21-8-12-28(26(30)17-21)37-18-22-5-2-3-13-31-22;21-17-9-13(4-7-19(17)29-11-14-3-1-2-8-22-14)25-20-16-10-15(26(27)28)5-6-18(16)23-12-24-20;21-17-10-14(5-7-19(17)27-11-15-3-1-2-8-23-15)26-20-16-9-13(22)4-6-18(16)24-12-25-20;13-11-7-9(14)4-5-12(11)16-8-10-3-1-2-6-15-10;9-8-6-3-5(12(13)14)1-2-7(6)10-4-11-8;12-8-6-3-5(11(13)14)1-2-7(6)9-4-10-8/h2-3,5,7-13,16-17,19,23H,4,6,14-15,18H2,1H3,(H,32,33,34);1-10,12H,11H2,(H,23,24,25);1-10,12H,11,22H2,(H,24,25,26);1-7H,8,14H2;1-4H;1-4H,(H,9,10,12)/b10-9+;;;;;/t23-;;;;;/m0...../s1. The molecule has 0 amide bonds. The van der Waals surface area contributed by atoms with E-state index in [1.54, 1.807) is 91.5 Å². The molecule has 19 rings (SSSR count). The SMILES string of the molecule is CN1CCC[C@H]1/C=C/C(=O)Cc1ccc2ncnc(Nc3ccc(OCc4ccccn4)c(Cl)c3)c2c1.Nc1ccc(OCc2ccccn2)c(Cl)c1.Nc1ccc2ncnc(Nc3ccc(OCc4ccccn4)c(Cl)c3)c2c1.O=[N+]([O-])c1ccc2ncnc(Cl)c2c1.O=[N+]([O-])c1ccc2ncnc(Nc3ccc(OCc4ccccn4)c(Cl)c3)c2c1.O=c1[nH]cnc2ccc([N+](=O)[O-])cc12. The number of rotatable bonds is 25. The Balaban J connectivity index is 0.000000136. The van der Waals surface area contributed by atoms with Crippen LogP contribution >= 0.6 is 58.0 Å². The number of nitro benzene ring substituents is 3. The summed E-state index contributed by atoms with van der Waals surface area (Å²) in [5, 5.41) is 46.7. The molecule has 10 heterocycles. The predicted octanol–water partition coefficient (Wildman–Crippen LogP) is 21.2. The number of likely N-dealkylation sites (N-methyl/N-ethyl adjacent to an activating group) is 1. The molecule has 1 aliphatic rings. The number of carbonyl (C=O) groups excluding carboxylic acids is 1. The second-order valence-electron chi connectivity index (χ2n) is 29.7. The minimum absolute atomic E-state index is 0.0193. The van der Waals surface area contributed by atoms with Crippen LogP contribution in [0.15, 0.2) is 310 Å². The van der Waals surface area contributed by atoms with Crippen molar-refractivity contribution in [3.05, 3.63) is 399 Å². The molecule has 137 heavy (non-hydrogen) atoms. The predicted molar refractivity (Wildman–Crippen MR) is 528 cm³/mol. The van der Waals surface area contributed by atoms with E-state index in [2.05, 4.69) is 97.7 Å². The van der Waals surface area contributed by atoms with Gasteiger partial charge < -0.3 is 51.3 Å². The van der Waals surface area contributed by atoms with Crippen LogP contribution in [-0.2, 0) is 37.6 Å². The van der Waals surface area contributed by atoms with E-state index in [1.807, 2.05) is 140 Å². The van der Waals surface area contributed by atoms with Crippen molar-refractivity contribution in [1.82, 2.24) is 74.7 Å². The molecule has 8 N–H and O–H groups in total. The monoisotopic (exact) mass is 1930 g/mol. The van der Waals surface area contributed by atoms with E-state index >= 15 is 0 Å². The van der Waals surface area contributed by atoms with E-state index in [9.17, 15) is 39.9 Å². The molecule has 18 aromatic rings. The number of pyridine rings is 4. The molecule has 1 atom stereocenters. The van der Waals surface area contributed by atoms with Crippen LogP contribution in [-0.4, -0.2) is 115 Å². The van der Waals surface area contributed by atoms with E-state index in [0.717, 1.165) is 74.5 Å². The summed E-state index contributed by atoms with van der Waals surface area (Å²) in [6, 6.07) is 68.3. The van der Waals surface area contributed by atoms with Gasteiger partial charge in [-0.05, 0) is 208 Å².